The minimum atomic E-state index is 0.889. The van der Waals surface area contributed by atoms with Gasteiger partial charge in [-0.25, -0.2) is 0 Å². The average Bonchev–Trinajstić information content (AvgIpc) is 3.61. The SMILES string of the molecule is Cc1ccc(-c2c3ccccc3c(-c3cccc4oc5ccc(-c6c7ccccc7c(-c7ccccc7)c7ccccc67)cc5c34)c3ccccc23)cc1. The number of rotatable bonds is 4. The van der Waals surface area contributed by atoms with Gasteiger partial charge >= 0.3 is 0 Å². The van der Waals surface area contributed by atoms with E-state index in [4.69, 9.17) is 4.42 Å². The van der Waals surface area contributed by atoms with Gasteiger partial charge in [-0.15, -0.1) is 0 Å². The molecule has 54 heavy (non-hydrogen) atoms. The van der Waals surface area contributed by atoms with E-state index in [1.165, 1.54) is 93.2 Å². The Bertz CT molecular complexity index is 3140. The topological polar surface area (TPSA) is 13.1 Å². The van der Waals surface area contributed by atoms with Crippen LogP contribution in [0.25, 0.3) is 110 Å². The van der Waals surface area contributed by atoms with Crippen LogP contribution in [0.3, 0.4) is 0 Å². The number of hydrogen-bond acceptors (Lipinski definition) is 1. The van der Waals surface area contributed by atoms with Crippen LogP contribution in [0.1, 0.15) is 5.56 Å². The fourth-order valence-electron chi connectivity index (χ4n) is 9.00. The number of hydrogen-bond donors (Lipinski definition) is 0. The summed E-state index contributed by atoms with van der Waals surface area (Å²) < 4.78 is 6.69. The quantitative estimate of drug-likeness (QED) is 0.168. The Kier molecular flexibility index (Phi) is 6.84. The van der Waals surface area contributed by atoms with Crippen molar-refractivity contribution in [3.05, 3.63) is 194 Å². The van der Waals surface area contributed by atoms with Gasteiger partial charge in [-0.3, -0.25) is 0 Å². The van der Waals surface area contributed by atoms with E-state index in [1.807, 2.05) is 0 Å². The minimum Gasteiger partial charge on any atom is -0.456 e. The van der Waals surface area contributed by atoms with Crippen molar-refractivity contribution >= 4 is 65.0 Å². The van der Waals surface area contributed by atoms with E-state index in [1.54, 1.807) is 0 Å². The monoisotopic (exact) mass is 686 g/mol. The first-order chi connectivity index (χ1) is 26.7. The summed E-state index contributed by atoms with van der Waals surface area (Å²) in [5.41, 5.74) is 12.9. The van der Waals surface area contributed by atoms with Crippen LogP contribution in [0.4, 0.5) is 0 Å². The molecule has 0 saturated carbocycles. The Morgan fingerprint density at radius 2 is 0.722 bits per heavy atom. The van der Waals surface area contributed by atoms with Gasteiger partial charge in [0.15, 0.2) is 0 Å². The van der Waals surface area contributed by atoms with Crippen molar-refractivity contribution in [2.75, 3.05) is 0 Å². The predicted octanol–water partition coefficient (Wildman–Crippen LogP) is 15.2. The van der Waals surface area contributed by atoms with Gasteiger partial charge in [-0.2, -0.15) is 0 Å². The zero-order valence-corrected chi connectivity index (χ0v) is 29.8. The fourth-order valence-corrected chi connectivity index (χ4v) is 9.00. The van der Waals surface area contributed by atoms with Crippen molar-refractivity contribution in [2.24, 2.45) is 0 Å². The van der Waals surface area contributed by atoms with Crippen LogP contribution in [0.15, 0.2) is 192 Å². The molecular formula is C53H34O. The third kappa shape index (κ3) is 4.58. The summed E-state index contributed by atoms with van der Waals surface area (Å²) in [7, 11) is 0. The number of furan rings is 1. The van der Waals surface area contributed by atoms with Crippen LogP contribution in [-0.2, 0) is 0 Å². The van der Waals surface area contributed by atoms with E-state index in [0.717, 1.165) is 21.9 Å². The Hall–Kier alpha value is -6.96. The van der Waals surface area contributed by atoms with E-state index in [0.29, 0.717) is 0 Å². The second kappa shape index (κ2) is 12.0. The van der Waals surface area contributed by atoms with E-state index >= 15 is 0 Å². The van der Waals surface area contributed by atoms with E-state index in [2.05, 4.69) is 195 Å². The molecule has 0 radical (unpaired) electrons. The zero-order valence-electron chi connectivity index (χ0n) is 29.8. The molecule has 0 N–H and O–H groups in total. The highest BCUT2D eigenvalue weighted by molar-refractivity contribution is 6.27. The van der Waals surface area contributed by atoms with Gasteiger partial charge in [0.25, 0.3) is 0 Å². The highest BCUT2D eigenvalue weighted by atomic mass is 16.3. The summed E-state index contributed by atoms with van der Waals surface area (Å²) in [5, 5.41) is 12.2. The van der Waals surface area contributed by atoms with Gasteiger partial charge in [0.05, 0.1) is 0 Å². The van der Waals surface area contributed by atoms with Crippen LogP contribution >= 0.6 is 0 Å². The van der Waals surface area contributed by atoms with Crippen molar-refractivity contribution < 1.29 is 4.42 Å². The number of aryl methyl sites for hydroxylation is 1. The highest BCUT2D eigenvalue weighted by Gasteiger charge is 2.22. The second-order valence-electron chi connectivity index (χ2n) is 14.4. The molecular weight excluding hydrogens is 653 g/mol. The molecule has 10 aromatic carbocycles. The lowest BCUT2D eigenvalue weighted by Gasteiger charge is -2.18. The molecule has 0 fully saturated rings. The molecule has 0 bridgehead atoms. The minimum absolute atomic E-state index is 0.889. The largest absolute Gasteiger partial charge is 0.456 e. The maximum absolute atomic E-state index is 6.69. The van der Waals surface area contributed by atoms with E-state index in [9.17, 15) is 0 Å². The molecule has 0 saturated heterocycles. The normalized spacial score (nSPS) is 11.8. The lowest BCUT2D eigenvalue weighted by atomic mass is 9.84. The lowest BCUT2D eigenvalue weighted by Crippen LogP contribution is -1.91. The molecule has 0 amide bonds. The Morgan fingerprint density at radius 1 is 0.296 bits per heavy atom. The molecule has 252 valence electrons. The van der Waals surface area contributed by atoms with Crippen molar-refractivity contribution in [3.63, 3.8) is 0 Å². The highest BCUT2D eigenvalue weighted by Crippen LogP contribution is 2.49. The van der Waals surface area contributed by atoms with Gasteiger partial charge in [0.2, 0.25) is 0 Å². The molecule has 0 spiro atoms. The van der Waals surface area contributed by atoms with Crippen LogP contribution in [0, 0.1) is 6.92 Å². The molecule has 0 aliphatic heterocycles. The van der Waals surface area contributed by atoms with Crippen molar-refractivity contribution in [3.8, 4) is 44.5 Å². The van der Waals surface area contributed by atoms with Gasteiger partial charge in [-0.1, -0.05) is 175 Å². The van der Waals surface area contributed by atoms with Gasteiger partial charge in [-0.05, 0) is 113 Å². The second-order valence-corrected chi connectivity index (χ2v) is 14.4. The molecule has 0 aliphatic rings. The molecule has 1 nitrogen and oxygen atoms in total. The van der Waals surface area contributed by atoms with Crippen molar-refractivity contribution in [2.45, 2.75) is 6.92 Å². The molecule has 11 rings (SSSR count). The molecule has 1 heteroatoms. The van der Waals surface area contributed by atoms with Crippen molar-refractivity contribution in [1.29, 1.82) is 0 Å². The molecule has 0 unspecified atom stereocenters. The van der Waals surface area contributed by atoms with Crippen LogP contribution in [-0.4, -0.2) is 0 Å². The number of benzene rings is 10. The van der Waals surface area contributed by atoms with Gasteiger partial charge in [0, 0.05) is 10.8 Å². The van der Waals surface area contributed by atoms with E-state index < -0.39 is 0 Å². The van der Waals surface area contributed by atoms with E-state index in [-0.39, 0.29) is 0 Å². The summed E-state index contributed by atoms with van der Waals surface area (Å²) in [6, 6.07) is 68.6. The Labute approximate surface area is 313 Å². The number of fused-ring (bicyclic) bond motifs is 7. The molecule has 11 aromatic rings. The third-order valence-corrected chi connectivity index (χ3v) is 11.3. The third-order valence-electron chi connectivity index (χ3n) is 11.3. The fraction of sp³-hybridized carbons (Fsp3) is 0.0189. The maximum Gasteiger partial charge on any atom is 0.136 e. The molecule has 1 heterocycles. The van der Waals surface area contributed by atoms with Crippen LogP contribution < -0.4 is 0 Å². The Balaban J connectivity index is 1.22. The van der Waals surface area contributed by atoms with Gasteiger partial charge in [0.1, 0.15) is 11.2 Å². The summed E-state index contributed by atoms with van der Waals surface area (Å²) in [4.78, 5) is 0. The standard InChI is InChI=1S/C53H34O/c1-33-26-28-35(29-27-33)50-41-20-9-11-22-43(41)52(44-23-12-10-21-42(44)50)45-24-13-25-48-53(45)46-32-36(30-31-47(46)54-48)51-39-18-7-5-16-37(39)49(34-14-3-2-4-15-34)38-17-6-8-19-40(38)51/h2-32H,1H3. The molecule has 0 aliphatic carbocycles. The summed E-state index contributed by atoms with van der Waals surface area (Å²) in [5.74, 6) is 0. The summed E-state index contributed by atoms with van der Waals surface area (Å²) in [6.45, 7) is 2.15. The molecule has 1 aromatic heterocycles. The first-order valence-corrected chi connectivity index (χ1v) is 18.7. The Morgan fingerprint density at radius 3 is 1.24 bits per heavy atom. The first-order valence-electron chi connectivity index (χ1n) is 18.7. The molecule has 0 atom stereocenters. The zero-order chi connectivity index (χ0) is 35.8. The van der Waals surface area contributed by atoms with Crippen molar-refractivity contribution in [1.82, 2.24) is 0 Å². The maximum atomic E-state index is 6.69. The summed E-state index contributed by atoms with van der Waals surface area (Å²) in [6.07, 6.45) is 0. The summed E-state index contributed by atoms with van der Waals surface area (Å²) >= 11 is 0. The van der Waals surface area contributed by atoms with Crippen LogP contribution in [0.2, 0.25) is 0 Å². The lowest BCUT2D eigenvalue weighted by molar-refractivity contribution is 0.669. The van der Waals surface area contributed by atoms with Gasteiger partial charge < -0.3 is 4.42 Å². The first kappa shape index (κ1) is 30.6. The van der Waals surface area contributed by atoms with Crippen LogP contribution in [0.5, 0.6) is 0 Å². The predicted molar refractivity (Wildman–Crippen MR) is 230 cm³/mol. The average molecular weight is 687 g/mol. The smallest absolute Gasteiger partial charge is 0.136 e.